The molecular formula is C18H25IO2. The fourth-order valence-electron chi connectivity index (χ4n) is 2.14. The lowest BCUT2D eigenvalue weighted by Gasteiger charge is -2.10. The summed E-state index contributed by atoms with van der Waals surface area (Å²) in [7, 11) is 0. The van der Waals surface area contributed by atoms with Crippen molar-refractivity contribution in [3.8, 4) is 23.7 Å². The van der Waals surface area contributed by atoms with E-state index >= 15 is 0 Å². The number of cyclic esters (lactones) is 1. The zero-order valence-electron chi connectivity index (χ0n) is 12.8. The van der Waals surface area contributed by atoms with E-state index in [1.165, 1.54) is 19.3 Å². The normalized spacial score (nSPS) is 23.1. The van der Waals surface area contributed by atoms with Crippen LogP contribution in [-0.4, -0.2) is 16.5 Å². The molecule has 21 heavy (non-hydrogen) atoms. The van der Waals surface area contributed by atoms with Crippen molar-refractivity contribution in [2.45, 2.75) is 74.6 Å². The second-order valence-electron chi connectivity index (χ2n) is 5.40. The summed E-state index contributed by atoms with van der Waals surface area (Å²) in [5, 5.41) is 0. The Labute approximate surface area is 142 Å². The minimum Gasteiger partial charge on any atom is -0.465 e. The van der Waals surface area contributed by atoms with Crippen molar-refractivity contribution >= 4 is 28.6 Å². The summed E-state index contributed by atoms with van der Waals surface area (Å²) in [6.07, 6.45) is 11.3. The lowest BCUT2D eigenvalue weighted by Crippen LogP contribution is -2.13. The minimum absolute atomic E-state index is 0.0495. The Hall–Kier alpha value is -0.680. The molecule has 2 nitrogen and oxygen atoms in total. The molecule has 1 heterocycles. The number of hydrogen-bond acceptors (Lipinski definition) is 2. The number of esters is 1. The second-order valence-corrected chi connectivity index (χ2v) is 7.16. The molecule has 0 fully saturated rings. The van der Waals surface area contributed by atoms with Crippen LogP contribution in [0.25, 0.3) is 0 Å². The molecule has 0 amide bonds. The summed E-state index contributed by atoms with van der Waals surface area (Å²) in [6, 6.07) is 0. The van der Waals surface area contributed by atoms with Crippen LogP contribution >= 0.6 is 22.6 Å². The van der Waals surface area contributed by atoms with Gasteiger partial charge in [-0.15, -0.1) is 0 Å². The van der Waals surface area contributed by atoms with Crippen molar-refractivity contribution in [1.29, 1.82) is 0 Å². The molecule has 0 radical (unpaired) electrons. The van der Waals surface area contributed by atoms with Crippen LogP contribution in [0, 0.1) is 23.7 Å². The Kier molecular flexibility index (Phi) is 11.4. The molecule has 1 atom stereocenters. The van der Waals surface area contributed by atoms with Crippen molar-refractivity contribution in [3.63, 3.8) is 0 Å². The van der Waals surface area contributed by atoms with Gasteiger partial charge >= 0.3 is 5.97 Å². The van der Waals surface area contributed by atoms with Gasteiger partial charge in [0.05, 0.1) is 0 Å². The number of carbonyl (C=O) groups is 1. The first kappa shape index (κ1) is 18.4. The lowest BCUT2D eigenvalue weighted by atomic mass is 10.1. The van der Waals surface area contributed by atoms with Gasteiger partial charge in [0.1, 0.15) is 6.61 Å². The van der Waals surface area contributed by atoms with E-state index in [0.29, 0.717) is 17.0 Å². The van der Waals surface area contributed by atoms with Gasteiger partial charge in [0.2, 0.25) is 0 Å². The monoisotopic (exact) mass is 400 g/mol. The van der Waals surface area contributed by atoms with Crippen molar-refractivity contribution in [2.24, 2.45) is 0 Å². The van der Waals surface area contributed by atoms with Crippen molar-refractivity contribution < 1.29 is 9.53 Å². The van der Waals surface area contributed by atoms with Gasteiger partial charge in [0.15, 0.2) is 0 Å². The van der Waals surface area contributed by atoms with Gasteiger partial charge in [-0.1, -0.05) is 60.1 Å². The van der Waals surface area contributed by atoms with E-state index in [1.54, 1.807) is 0 Å². The third kappa shape index (κ3) is 11.6. The van der Waals surface area contributed by atoms with Crippen LogP contribution in [0.4, 0.5) is 0 Å². The first-order valence-electron chi connectivity index (χ1n) is 8.04. The fourth-order valence-corrected chi connectivity index (χ4v) is 2.76. The van der Waals surface area contributed by atoms with Crippen LogP contribution in [0.5, 0.6) is 0 Å². The molecular weight excluding hydrogens is 375 g/mol. The molecule has 1 aliphatic heterocycles. The molecule has 0 aromatic carbocycles. The second kappa shape index (κ2) is 13.0. The number of ether oxygens (including phenoxy) is 1. The molecule has 0 aromatic heterocycles. The molecule has 1 rings (SSSR count). The summed E-state index contributed by atoms with van der Waals surface area (Å²) in [5.41, 5.74) is 0. The third-order valence-corrected chi connectivity index (χ3v) is 4.40. The Bertz CT molecular complexity index is 408. The van der Waals surface area contributed by atoms with Gasteiger partial charge in [0, 0.05) is 23.2 Å². The molecule has 0 aromatic rings. The zero-order valence-corrected chi connectivity index (χ0v) is 14.9. The lowest BCUT2D eigenvalue weighted by molar-refractivity contribution is -0.143. The van der Waals surface area contributed by atoms with Crippen LogP contribution in [0.15, 0.2) is 0 Å². The predicted octanol–water partition coefficient (Wildman–Crippen LogP) is 4.64. The molecule has 0 bridgehead atoms. The maximum Gasteiger partial charge on any atom is 0.305 e. The van der Waals surface area contributed by atoms with Gasteiger partial charge in [-0.2, -0.15) is 0 Å². The first-order valence-corrected chi connectivity index (χ1v) is 9.29. The average Bonchev–Trinajstić information content (AvgIpc) is 2.48. The summed E-state index contributed by atoms with van der Waals surface area (Å²) < 4.78 is 5.77. The highest BCUT2D eigenvalue weighted by Crippen LogP contribution is 2.14. The van der Waals surface area contributed by atoms with Gasteiger partial charge < -0.3 is 4.74 Å². The maximum absolute atomic E-state index is 11.6. The highest BCUT2D eigenvalue weighted by atomic mass is 127. The average molecular weight is 400 g/mol. The summed E-state index contributed by atoms with van der Waals surface area (Å²) >= 11 is 2.39. The van der Waals surface area contributed by atoms with Crippen LogP contribution in [0.2, 0.25) is 0 Å². The highest BCUT2D eigenvalue weighted by Gasteiger charge is 2.08. The number of rotatable bonds is 0. The standard InChI is InChI=1S/C18H25IO2/c19-17-14-12-10-8-6-4-2-1-3-5-7-9-11-13-15-18(20)21-16-17/h17H,4,6-16H2. The Morgan fingerprint density at radius 3 is 2.24 bits per heavy atom. The van der Waals surface area contributed by atoms with E-state index in [4.69, 9.17) is 4.74 Å². The minimum atomic E-state index is -0.0495. The quantitative estimate of drug-likeness (QED) is 0.256. The van der Waals surface area contributed by atoms with E-state index in [1.807, 2.05) is 0 Å². The Balaban J connectivity index is 2.33. The van der Waals surface area contributed by atoms with E-state index < -0.39 is 0 Å². The molecule has 116 valence electrons. The van der Waals surface area contributed by atoms with E-state index in [-0.39, 0.29) is 5.97 Å². The van der Waals surface area contributed by atoms with Crippen LogP contribution in [0.3, 0.4) is 0 Å². The molecule has 3 heteroatoms. The van der Waals surface area contributed by atoms with Crippen LogP contribution in [0.1, 0.15) is 70.6 Å². The van der Waals surface area contributed by atoms with Crippen LogP contribution in [-0.2, 0) is 9.53 Å². The van der Waals surface area contributed by atoms with E-state index in [9.17, 15) is 4.79 Å². The number of alkyl halides is 1. The van der Waals surface area contributed by atoms with E-state index in [0.717, 1.165) is 44.9 Å². The van der Waals surface area contributed by atoms with Crippen molar-refractivity contribution in [3.05, 3.63) is 0 Å². The number of carbonyl (C=O) groups excluding carboxylic acids is 1. The Morgan fingerprint density at radius 1 is 0.905 bits per heavy atom. The van der Waals surface area contributed by atoms with Crippen molar-refractivity contribution in [1.82, 2.24) is 0 Å². The predicted molar refractivity (Wildman–Crippen MR) is 95.1 cm³/mol. The molecule has 1 unspecified atom stereocenters. The molecule has 0 aliphatic carbocycles. The molecule has 0 saturated heterocycles. The van der Waals surface area contributed by atoms with Gasteiger partial charge in [-0.3, -0.25) is 4.79 Å². The number of hydrogen-bond donors (Lipinski definition) is 0. The highest BCUT2D eigenvalue weighted by molar-refractivity contribution is 14.1. The molecule has 0 N–H and O–H groups in total. The molecule has 0 spiro atoms. The molecule has 0 saturated carbocycles. The summed E-state index contributed by atoms with van der Waals surface area (Å²) in [5.74, 6) is 12.0. The van der Waals surface area contributed by atoms with Gasteiger partial charge in [-0.25, -0.2) is 0 Å². The van der Waals surface area contributed by atoms with Crippen molar-refractivity contribution in [2.75, 3.05) is 6.61 Å². The van der Waals surface area contributed by atoms with Crippen LogP contribution < -0.4 is 0 Å². The van der Waals surface area contributed by atoms with Gasteiger partial charge in [-0.05, 0) is 37.5 Å². The summed E-state index contributed by atoms with van der Waals surface area (Å²) in [4.78, 5) is 11.6. The largest absolute Gasteiger partial charge is 0.465 e. The zero-order chi connectivity index (χ0) is 15.2. The van der Waals surface area contributed by atoms with E-state index in [2.05, 4.69) is 46.3 Å². The number of halogens is 1. The maximum atomic E-state index is 11.6. The third-order valence-electron chi connectivity index (χ3n) is 3.42. The fraction of sp³-hybridized carbons (Fsp3) is 0.722. The topological polar surface area (TPSA) is 26.3 Å². The SMILES string of the molecule is O=C1CCCCCC#CC#CCCCCCCC(I)CO1. The first-order chi connectivity index (χ1) is 10.3. The smallest absolute Gasteiger partial charge is 0.305 e. The van der Waals surface area contributed by atoms with Gasteiger partial charge in [0.25, 0.3) is 0 Å². The Morgan fingerprint density at radius 2 is 1.52 bits per heavy atom. The molecule has 1 aliphatic rings. The summed E-state index contributed by atoms with van der Waals surface area (Å²) in [6.45, 7) is 0.566.